The van der Waals surface area contributed by atoms with Gasteiger partial charge in [-0.3, -0.25) is 9.59 Å². The van der Waals surface area contributed by atoms with Gasteiger partial charge in [-0.2, -0.15) is 0 Å². The number of nitrogens with one attached hydrogen (secondary N) is 1. The van der Waals surface area contributed by atoms with E-state index in [-0.39, 0.29) is 23.6 Å². The molecule has 1 aliphatic heterocycles. The van der Waals surface area contributed by atoms with Crippen LogP contribution in [-0.2, 0) is 14.3 Å². The zero-order valence-corrected chi connectivity index (χ0v) is 20.6. The van der Waals surface area contributed by atoms with Gasteiger partial charge < -0.3 is 19.9 Å². The van der Waals surface area contributed by atoms with Gasteiger partial charge in [0, 0.05) is 51.8 Å². The van der Waals surface area contributed by atoms with E-state index in [0.717, 1.165) is 18.2 Å². The van der Waals surface area contributed by atoms with Crippen LogP contribution in [0.25, 0.3) is 0 Å². The number of rotatable bonds is 10. The SMILES string of the molecule is COCCNC(=O)CSc1nc(Cl)cc(N2CCN(C(=O)CCC3CCCC3)C(C)C2)n1. The molecule has 0 bridgehead atoms. The Morgan fingerprint density at radius 2 is 2.06 bits per heavy atom. The third kappa shape index (κ3) is 7.49. The highest BCUT2D eigenvalue weighted by molar-refractivity contribution is 7.99. The Morgan fingerprint density at radius 3 is 2.78 bits per heavy atom. The van der Waals surface area contributed by atoms with Gasteiger partial charge in [-0.15, -0.1) is 0 Å². The molecule has 2 heterocycles. The summed E-state index contributed by atoms with van der Waals surface area (Å²) in [5.74, 6) is 1.84. The second-order valence-corrected chi connectivity index (χ2v) is 9.86. The lowest BCUT2D eigenvalue weighted by molar-refractivity contribution is -0.134. The minimum atomic E-state index is -0.101. The van der Waals surface area contributed by atoms with Gasteiger partial charge in [0.1, 0.15) is 11.0 Å². The number of hydrogen-bond acceptors (Lipinski definition) is 7. The molecule has 1 aromatic heterocycles. The van der Waals surface area contributed by atoms with Crippen LogP contribution in [0.1, 0.15) is 45.4 Å². The van der Waals surface area contributed by atoms with Gasteiger partial charge in [0.25, 0.3) is 0 Å². The molecular weight excluding hydrogens is 450 g/mol. The molecule has 1 aromatic rings. The first-order valence-electron chi connectivity index (χ1n) is 11.4. The first-order valence-corrected chi connectivity index (χ1v) is 12.8. The summed E-state index contributed by atoms with van der Waals surface area (Å²) in [5.41, 5.74) is 0. The van der Waals surface area contributed by atoms with Crippen LogP contribution in [0.5, 0.6) is 0 Å². The number of amides is 2. The van der Waals surface area contributed by atoms with E-state index in [9.17, 15) is 9.59 Å². The van der Waals surface area contributed by atoms with Gasteiger partial charge in [-0.05, 0) is 19.3 Å². The van der Waals surface area contributed by atoms with Gasteiger partial charge >= 0.3 is 0 Å². The standard InChI is InChI=1S/C22H34ClN5O3S/c1-16-14-27(10-11-28(16)21(30)8-7-17-5-3-4-6-17)19-13-18(23)25-22(26-19)32-15-20(29)24-9-12-31-2/h13,16-17H,3-12,14-15H2,1-2H3,(H,24,29). The van der Waals surface area contributed by atoms with Crippen LogP contribution in [0.15, 0.2) is 11.2 Å². The summed E-state index contributed by atoms with van der Waals surface area (Å²) in [6, 6.07) is 1.85. The van der Waals surface area contributed by atoms with E-state index >= 15 is 0 Å². The van der Waals surface area contributed by atoms with Crippen molar-refractivity contribution in [3.05, 3.63) is 11.2 Å². The van der Waals surface area contributed by atoms with E-state index in [1.54, 1.807) is 13.2 Å². The van der Waals surface area contributed by atoms with Crippen LogP contribution in [-0.4, -0.2) is 78.4 Å². The highest BCUT2D eigenvalue weighted by Gasteiger charge is 2.29. The minimum absolute atomic E-state index is 0.101. The predicted octanol–water partition coefficient (Wildman–Crippen LogP) is 2.99. The first-order chi connectivity index (χ1) is 15.5. The largest absolute Gasteiger partial charge is 0.383 e. The number of piperazine rings is 1. The number of ether oxygens (including phenoxy) is 1. The number of halogens is 1. The van der Waals surface area contributed by atoms with E-state index in [1.807, 2.05) is 4.90 Å². The smallest absolute Gasteiger partial charge is 0.230 e. The second kappa shape index (κ2) is 12.6. The number of carbonyl (C=O) groups is 2. The van der Waals surface area contributed by atoms with Crippen LogP contribution in [0.3, 0.4) is 0 Å². The second-order valence-electron chi connectivity index (χ2n) is 8.53. The number of aromatic nitrogens is 2. The Labute approximate surface area is 199 Å². The van der Waals surface area contributed by atoms with Crippen molar-refractivity contribution in [2.24, 2.45) is 5.92 Å². The first kappa shape index (κ1) is 25.1. The summed E-state index contributed by atoms with van der Waals surface area (Å²) in [6.07, 6.45) is 6.86. The Hall–Kier alpha value is -1.58. The minimum Gasteiger partial charge on any atom is -0.383 e. The number of hydrogen-bond donors (Lipinski definition) is 1. The van der Waals surface area contributed by atoms with Gasteiger partial charge in [0.2, 0.25) is 11.8 Å². The quantitative estimate of drug-likeness (QED) is 0.237. The molecule has 1 atom stereocenters. The van der Waals surface area contributed by atoms with Gasteiger partial charge in [0.15, 0.2) is 5.16 Å². The Kier molecular flexibility index (Phi) is 9.87. The van der Waals surface area contributed by atoms with Gasteiger partial charge in [-0.25, -0.2) is 9.97 Å². The summed E-state index contributed by atoms with van der Waals surface area (Å²) in [4.78, 5) is 37.7. The summed E-state index contributed by atoms with van der Waals surface area (Å²) in [5, 5.41) is 3.59. The zero-order chi connectivity index (χ0) is 22.9. The summed E-state index contributed by atoms with van der Waals surface area (Å²) in [7, 11) is 1.59. The summed E-state index contributed by atoms with van der Waals surface area (Å²) in [6.45, 7) is 5.11. The molecule has 1 saturated carbocycles. The van der Waals surface area contributed by atoms with E-state index in [0.29, 0.717) is 49.5 Å². The fourth-order valence-electron chi connectivity index (χ4n) is 4.39. The average molecular weight is 484 g/mol. The molecule has 3 rings (SSSR count). The van der Waals surface area contributed by atoms with Crippen molar-refractivity contribution in [1.29, 1.82) is 0 Å². The highest BCUT2D eigenvalue weighted by atomic mass is 35.5. The molecule has 0 spiro atoms. The Balaban J connectivity index is 1.51. The Morgan fingerprint density at radius 1 is 1.28 bits per heavy atom. The van der Waals surface area contributed by atoms with Crippen molar-refractivity contribution >= 4 is 41.0 Å². The maximum atomic E-state index is 12.8. The molecule has 2 aliphatic rings. The van der Waals surface area contributed by atoms with Crippen molar-refractivity contribution in [2.45, 2.75) is 56.6 Å². The normalized spacial score (nSPS) is 19.4. The monoisotopic (exact) mass is 483 g/mol. The molecule has 178 valence electrons. The molecule has 1 unspecified atom stereocenters. The van der Waals surface area contributed by atoms with E-state index < -0.39 is 0 Å². The predicted molar refractivity (Wildman–Crippen MR) is 127 cm³/mol. The summed E-state index contributed by atoms with van der Waals surface area (Å²) >= 11 is 7.49. The van der Waals surface area contributed by atoms with Crippen molar-refractivity contribution in [3.63, 3.8) is 0 Å². The van der Waals surface area contributed by atoms with Crippen LogP contribution in [0.4, 0.5) is 5.82 Å². The molecule has 8 nitrogen and oxygen atoms in total. The van der Waals surface area contributed by atoms with E-state index in [4.69, 9.17) is 16.3 Å². The van der Waals surface area contributed by atoms with E-state index in [1.165, 1.54) is 37.4 Å². The number of nitrogens with zero attached hydrogens (tertiary/aromatic N) is 4. The molecule has 1 saturated heterocycles. The van der Waals surface area contributed by atoms with Crippen LogP contribution in [0, 0.1) is 5.92 Å². The number of methoxy groups -OCH3 is 1. The molecule has 10 heteroatoms. The van der Waals surface area contributed by atoms with Crippen LogP contribution < -0.4 is 10.2 Å². The number of thioether (sulfide) groups is 1. The van der Waals surface area contributed by atoms with Crippen molar-refractivity contribution in [1.82, 2.24) is 20.2 Å². The van der Waals surface area contributed by atoms with Crippen LogP contribution >= 0.6 is 23.4 Å². The average Bonchev–Trinajstić information content (AvgIpc) is 3.29. The molecule has 1 N–H and O–H groups in total. The van der Waals surface area contributed by atoms with Gasteiger partial charge in [-0.1, -0.05) is 49.0 Å². The molecule has 1 aliphatic carbocycles. The topological polar surface area (TPSA) is 87.7 Å². The Bertz CT molecular complexity index is 778. The lowest BCUT2D eigenvalue weighted by Gasteiger charge is -2.40. The van der Waals surface area contributed by atoms with Crippen molar-refractivity contribution < 1.29 is 14.3 Å². The molecule has 2 amide bonds. The zero-order valence-electron chi connectivity index (χ0n) is 19.0. The van der Waals surface area contributed by atoms with Gasteiger partial charge in [0.05, 0.1) is 12.4 Å². The fourth-order valence-corrected chi connectivity index (χ4v) is 5.30. The van der Waals surface area contributed by atoms with Crippen LogP contribution in [0.2, 0.25) is 5.15 Å². The third-order valence-electron chi connectivity index (χ3n) is 6.13. The van der Waals surface area contributed by atoms with E-state index in [2.05, 4.69) is 27.1 Å². The third-order valence-corrected chi connectivity index (χ3v) is 7.18. The molecule has 0 radical (unpaired) electrons. The lowest BCUT2D eigenvalue weighted by Crippen LogP contribution is -2.54. The molecule has 32 heavy (non-hydrogen) atoms. The molecule has 2 fully saturated rings. The fraction of sp³-hybridized carbons (Fsp3) is 0.727. The number of carbonyl (C=O) groups excluding carboxylic acids is 2. The van der Waals surface area contributed by atoms with Crippen molar-refractivity contribution in [3.8, 4) is 0 Å². The van der Waals surface area contributed by atoms with Crippen molar-refractivity contribution in [2.75, 3.05) is 50.5 Å². The lowest BCUT2D eigenvalue weighted by atomic mass is 10.0. The maximum Gasteiger partial charge on any atom is 0.230 e. The highest BCUT2D eigenvalue weighted by Crippen LogP contribution is 2.29. The maximum absolute atomic E-state index is 12.8. The number of anilines is 1. The molecule has 0 aromatic carbocycles. The molecular formula is C22H34ClN5O3S. The summed E-state index contributed by atoms with van der Waals surface area (Å²) < 4.78 is 4.93.